The number of carbonyl (C=O) groups is 2. The second kappa shape index (κ2) is 6.83. The first-order valence-corrected chi connectivity index (χ1v) is 8.03. The molecule has 2 aromatic heterocycles. The molecule has 8 heteroatoms. The highest BCUT2D eigenvalue weighted by Crippen LogP contribution is 2.18. The van der Waals surface area contributed by atoms with Gasteiger partial charge in [0, 0.05) is 12.1 Å². The van der Waals surface area contributed by atoms with Crippen LogP contribution < -0.4 is 5.32 Å². The van der Waals surface area contributed by atoms with Gasteiger partial charge in [-0.15, -0.1) is 0 Å². The number of ether oxygens (including phenoxy) is 1. The Kier molecular flexibility index (Phi) is 4.57. The van der Waals surface area contributed by atoms with Crippen molar-refractivity contribution in [3.05, 3.63) is 60.0 Å². The Hall–Kier alpha value is -3.42. The van der Waals surface area contributed by atoms with E-state index in [1.54, 1.807) is 39.0 Å². The minimum absolute atomic E-state index is 0.0873. The molecule has 8 nitrogen and oxygen atoms in total. The van der Waals surface area contributed by atoms with Crippen molar-refractivity contribution in [2.45, 2.75) is 26.4 Å². The molecule has 0 aliphatic carbocycles. The zero-order valence-electron chi connectivity index (χ0n) is 14.7. The molecule has 26 heavy (non-hydrogen) atoms. The van der Waals surface area contributed by atoms with Crippen LogP contribution in [0.4, 0.5) is 5.82 Å². The molecule has 0 fully saturated rings. The van der Waals surface area contributed by atoms with E-state index in [9.17, 15) is 9.59 Å². The van der Waals surface area contributed by atoms with Gasteiger partial charge >= 0.3 is 5.97 Å². The molecular weight excluding hydrogens is 334 g/mol. The summed E-state index contributed by atoms with van der Waals surface area (Å²) in [5.41, 5.74) is 0.237. The molecule has 0 aliphatic heterocycles. The highest BCUT2D eigenvalue weighted by atomic mass is 16.6. The Morgan fingerprint density at radius 3 is 2.50 bits per heavy atom. The molecular formula is C18H19N5O3. The topological polar surface area (TPSA) is 102 Å². The summed E-state index contributed by atoms with van der Waals surface area (Å²) in [6.45, 7) is 5.33. The smallest absolute Gasteiger partial charge is 0.357 e. The van der Waals surface area contributed by atoms with Gasteiger partial charge in [0.05, 0.1) is 11.9 Å². The van der Waals surface area contributed by atoms with E-state index in [2.05, 4.69) is 20.6 Å². The number of H-pyrrole nitrogens is 1. The summed E-state index contributed by atoms with van der Waals surface area (Å²) >= 11 is 0. The van der Waals surface area contributed by atoms with Gasteiger partial charge in [-0.1, -0.05) is 18.2 Å². The maximum atomic E-state index is 12.6. The van der Waals surface area contributed by atoms with E-state index < -0.39 is 17.5 Å². The number of nitrogens with zero attached hydrogens (tertiary/aromatic N) is 3. The quantitative estimate of drug-likeness (QED) is 0.702. The molecule has 3 aromatic rings. The van der Waals surface area contributed by atoms with Crippen LogP contribution in [0.1, 0.15) is 41.7 Å². The Morgan fingerprint density at radius 2 is 1.88 bits per heavy atom. The fourth-order valence-corrected chi connectivity index (χ4v) is 2.25. The summed E-state index contributed by atoms with van der Waals surface area (Å²) in [7, 11) is 0. The minimum atomic E-state index is -0.665. The number of para-hydroxylation sites is 1. The SMILES string of the molecule is CC(C)(C)OC(=O)c1cc(C(=O)Nc2ccn[nH]2)nn1-c1ccccc1. The molecule has 0 spiro atoms. The van der Waals surface area contributed by atoms with Crippen LogP contribution in [-0.4, -0.2) is 37.5 Å². The van der Waals surface area contributed by atoms with Crippen molar-refractivity contribution in [1.29, 1.82) is 0 Å². The third-order valence-electron chi connectivity index (χ3n) is 3.30. The third kappa shape index (κ3) is 3.97. The lowest BCUT2D eigenvalue weighted by molar-refractivity contribution is 0.00593. The van der Waals surface area contributed by atoms with Gasteiger partial charge in [0.2, 0.25) is 0 Å². The van der Waals surface area contributed by atoms with Crippen molar-refractivity contribution in [2.24, 2.45) is 0 Å². The van der Waals surface area contributed by atoms with Gasteiger partial charge in [-0.2, -0.15) is 10.2 Å². The van der Waals surface area contributed by atoms with Crippen molar-refractivity contribution in [3.8, 4) is 5.69 Å². The average Bonchev–Trinajstić information content (AvgIpc) is 3.23. The number of hydrogen-bond donors (Lipinski definition) is 2. The summed E-state index contributed by atoms with van der Waals surface area (Å²) in [4.78, 5) is 25.0. The Labute approximate surface area is 150 Å². The molecule has 0 radical (unpaired) electrons. The Morgan fingerprint density at radius 1 is 1.15 bits per heavy atom. The van der Waals surface area contributed by atoms with Gasteiger partial charge in [-0.3, -0.25) is 9.89 Å². The minimum Gasteiger partial charge on any atom is -0.455 e. The zero-order chi connectivity index (χ0) is 18.7. The molecule has 2 N–H and O–H groups in total. The second-order valence-electron chi connectivity index (χ2n) is 6.59. The number of anilines is 1. The predicted octanol–water partition coefficient (Wildman–Crippen LogP) is 2.80. The van der Waals surface area contributed by atoms with E-state index in [1.807, 2.05) is 18.2 Å². The van der Waals surface area contributed by atoms with Crippen molar-refractivity contribution >= 4 is 17.7 Å². The lowest BCUT2D eigenvalue weighted by Gasteiger charge is -2.19. The van der Waals surface area contributed by atoms with Gasteiger partial charge in [-0.25, -0.2) is 9.48 Å². The Bertz CT molecular complexity index is 908. The number of esters is 1. The van der Waals surface area contributed by atoms with E-state index >= 15 is 0 Å². The van der Waals surface area contributed by atoms with Crippen LogP contribution in [0, 0.1) is 0 Å². The zero-order valence-corrected chi connectivity index (χ0v) is 14.7. The van der Waals surface area contributed by atoms with Crippen LogP contribution in [0.25, 0.3) is 5.69 Å². The Balaban J connectivity index is 1.97. The summed E-state index contributed by atoms with van der Waals surface area (Å²) in [6.07, 6.45) is 1.52. The summed E-state index contributed by atoms with van der Waals surface area (Å²) in [6, 6.07) is 12.1. The van der Waals surface area contributed by atoms with E-state index in [0.29, 0.717) is 11.5 Å². The number of benzene rings is 1. The number of aromatic nitrogens is 4. The van der Waals surface area contributed by atoms with Crippen molar-refractivity contribution in [1.82, 2.24) is 20.0 Å². The average molecular weight is 353 g/mol. The van der Waals surface area contributed by atoms with E-state index in [4.69, 9.17) is 4.74 Å². The summed E-state index contributed by atoms with van der Waals surface area (Å²) in [5.74, 6) is -0.591. The van der Waals surface area contributed by atoms with Crippen LogP contribution in [0.3, 0.4) is 0 Å². The van der Waals surface area contributed by atoms with E-state index in [0.717, 1.165) is 0 Å². The fourth-order valence-electron chi connectivity index (χ4n) is 2.25. The van der Waals surface area contributed by atoms with Crippen molar-refractivity contribution in [3.63, 3.8) is 0 Å². The molecule has 0 bridgehead atoms. The maximum Gasteiger partial charge on any atom is 0.357 e. The van der Waals surface area contributed by atoms with Gasteiger partial charge in [-0.05, 0) is 32.9 Å². The van der Waals surface area contributed by atoms with Crippen LogP contribution in [-0.2, 0) is 4.74 Å². The third-order valence-corrected chi connectivity index (χ3v) is 3.30. The molecule has 0 saturated carbocycles. The first-order valence-electron chi connectivity index (χ1n) is 8.03. The van der Waals surface area contributed by atoms with Gasteiger partial charge in [0.1, 0.15) is 11.4 Å². The van der Waals surface area contributed by atoms with Gasteiger partial charge < -0.3 is 10.1 Å². The molecule has 0 atom stereocenters. The summed E-state index contributed by atoms with van der Waals surface area (Å²) < 4.78 is 6.84. The van der Waals surface area contributed by atoms with E-state index in [-0.39, 0.29) is 11.4 Å². The largest absolute Gasteiger partial charge is 0.455 e. The molecule has 2 heterocycles. The molecule has 0 unspecified atom stereocenters. The number of amides is 1. The lowest BCUT2D eigenvalue weighted by Crippen LogP contribution is -2.25. The lowest BCUT2D eigenvalue weighted by atomic mass is 10.2. The predicted molar refractivity (Wildman–Crippen MR) is 95.3 cm³/mol. The molecule has 0 saturated heterocycles. The van der Waals surface area contributed by atoms with Crippen LogP contribution in [0.15, 0.2) is 48.7 Å². The second-order valence-corrected chi connectivity index (χ2v) is 6.59. The van der Waals surface area contributed by atoms with Crippen molar-refractivity contribution in [2.75, 3.05) is 5.32 Å². The monoisotopic (exact) mass is 353 g/mol. The van der Waals surface area contributed by atoms with Crippen LogP contribution in [0.2, 0.25) is 0 Å². The molecule has 1 aromatic carbocycles. The standard InChI is InChI=1S/C18H19N5O3/c1-18(2,3)26-17(25)14-11-13(16(24)20-15-9-10-19-21-15)22-23(14)12-7-5-4-6-8-12/h4-11H,1-3H3,(H2,19,20,21,24). The number of carbonyl (C=O) groups excluding carboxylic acids is 2. The van der Waals surface area contributed by atoms with Gasteiger partial charge in [0.25, 0.3) is 5.91 Å². The number of aromatic amines is 1. The molecule has 3 rings (SSSR count). The normalized spacial score (nSPS) is 11.2. The maximum absolute atomic E-state index is 12.6. The summed E-state index contributed by atoms with van der Waals surface area (Å²) in [5, 5.41) is 13.3. The number of hydrogen-bond acceptors (Lipinski definition) is 5. The van der Waals surface area contributed by atoms with Gasteiger partial charge in [0.15, 0.2) is 11.4 Å². The highest BCUT2D eigenvalue weighted by molar-refractivity contribution is 6.03. The molecule has 134 valence electrons. The number of nitrogens with one attached hydrogen (secondary N) is 2. The molecule has 0 aliphatic rings. The fraction of sp³-hybridized carbons (Fsp3) is 0.222. The van der Waals surface area contributed by atoms with Crippen LogP contribution >= 0.6 is 0 Å². The molecule has 1 amide bonds. The highest BCUT2D eigenvalue weighted by Gasteiger charge is 2.25. The van der Waals surface area contributed by atoms with Crippen molar-refractivity contribution < 1.29 is 14.3 Å². The number of rotatable bonds is 4. The first kappa shape index (κ1) is 17.4. The van der Waals surface area contributed by atoms with Crippen LogP contribution in [0.5, 0.6) is 0 Å². The first-order chi connectivity index (χ1) is 12.3. The van der Waals surface area contributed by atoms with E-state index in [1.165, 1.54) is 16.9 Å².